The van der Waals surface area contributed by atoms with E-state index in [9.17, 15) is 8.42 Å². The van der Waals surface area contributed by atoms with E-state index in [0.29, 0.717) is 28.8 Å². The standard InChI is InChI=1S/C23H27N3O5S/c1-29-20-11-7-6-10-17(20)15-24-32(27,28)18-12-13-21(30-2)19(14-18)22-25-23(31-26-22)16-8-4-3-5-9-16/h6-7,10-14,16,24H,3-5,8-9,15H2,1-2H3. The molecule has 0 unspecified atom stereocenters. The number of benzene rings is 2. The molecule has 1 aromatic heterocycles. The van der Waals surface area contributed by atoms with E-state index in [1.807, 2.05) is 18.2 Å². The van der Waals surface area contributed by atoms with Crippen LogP contribution in [0.5, 0.6) is 11.5 Å². The van der Waals surface area contributed by atoms with Crippen molar-refractivity contribution in [1.29, 1.82) is 0 Å². The van der Waals surface area contributed by atoms with Gasteiger partial charge in [-0.25, -0.2) is 13.1 Å². The van der Waals surface area contributed by atoms with E-state index in [1.165, 1.54) is 25.7 Å². The van der Waals surface area contributed by atoms with Crippen LogP contribution < -0.4 is 14.2 Å². The lowest BCUT2D eigenvalue weighted by atomic mass is 9.89. The maximum absolute atomic E-state index is 13.0. The van der Waals surface area contributed by atoms with Crippen LogP contribution in [0.2, 0.25) is 0 Å². The molecule has 0 amide bonds. The van der Waals surface area contributed by atoms with Gasteiger partial charge in [-0.15, -0.1) is 0 Å². The molecule has 0 atom stereocenters. The first kappa shape index (κ1) is 22.3. The molecule has 0 spiro atoms. The molecule has 0 saturated heterocycles. The first-order chi connectivity index (χ1) is 15.5. The molecule has 1 saturated carbocycles. The average Bonchev–Trinajstić information content (AvgIpc) is 3.33. The zero-order valence-electron chi connectivity index (χ0n) is 18.2. The molecule has 0 bridgehead atoms. The summed E-state index contributed by atoms with van der Waals surface area (Å²) >= 11 is 0. The van der Waals surface area contributed by atoms with Gasteiger partial charge in [-0.1, -0.05) is 42.6 Å². The van der Waals surface area contributed by atoms with Crippen molar-refractivity contribution >= 4 is 10.0 Å². The Morgan fingerprint density at radius 1 is 1.03 bits per heavy atom. The van der Waals surface area contributed by atoms with Crippen LogP contribution in [-0.4, -0.2) is 32.8 Å². The quantitative estimate of drug-likeness (QED) is 0.538. The van der Waals surface area contributed by atoms with Gasteiger partial charge in [0.15, 0.2) is 0 Å². The highest BCUT2D eigenvalue weighted by Gasteiger charge is 2.24. The maximum Gasteiger partial charge on any atom is 0.240 e. The van der Waals surface area contributed by atoms with E-state index < -0.39 is 10.0 Å². The summed E-state index contributed by atoms with van der Waals surface area (Å²) in [6, 6.07) is 11.9. The first-order valence-corrected chi connectivity index (χ1v) is 12.1. The van der Waals surface area contributed by atoms with Crippen molar-refractivity contribution in [2.45, 2.75) is 49.5 Å². The molecule has 8 nitrogen and oxygen atoms in total. The van der Waals surface area contributed by atoms with Gasteiger partial charge in [0.25, 0.3) is 0 Å². The second-order valence-corrected chi connectivity index (χ2v) is 9.56. The van der Waals surface area contributed by atoms with Gasteiger partial charge in [-0.2, -0.15) is 4.98 Å². The van der Waals surface area contributed by atoms with E-state index in [0.717, 1.165) is 31.2 Å². The van der Waals surface area contributed by atoms with E-state index in [-0.39, 0.29) is 17.4 Å². The SMILES string of the molecule is COc1ccccc1CNS(=O)(=O)c1ccc(OC)c(-c2noc(C3CCCCC3)n2)c1. The topological polar surface area (TPSA) is 104 Å². The number of ether oxygens (including phenoxy) is 2. The van der Waals surface area contributed by atoms with Gasteiger partial charge in [-0.3, -0.25) is 0 Å². The summed E-state index contributed by atoms with van der Waals surface area (Å²) in [5.74, 6) is 2.27. The Hall–Kier alpha value is -2.91. The fraction of sp³-hybridized carbons (Fsp3) is 0.391. The Bertz CT molecular complexity index is 1170. The van der Waals surface area contributed by atoms with Gasteiger partial charge in [0.05, 0.1) is 24.7 Å². The second kappa shape index (κ2) is 9.70. The highest BCUT2D eigenvalue weighted by Crippen LogP contribution is 2.35. The third-order valence-corrected chi connectivity index (χ3v) is 7.16. The van der Waals surface area contributed by atoms with Crippen LogP contribution in [0.3, 0.4) is 0 Å². The zero-order chi connectivity index (χ0) is 22.6. The molecule has 1 aliphatic rings. The molecule has 2 aromatic carbocycles. The van der Waals surface area contributed by atoms with E-state index in [4.69, 9.17) is 14.0 Å². The summed E-state index contributed by atoms with van der Waals surface area (Å²) in [5.41, 5.74) is 1.21. The van der Waals surface area contributed by atoms with Gasteiger partial charge in [0, 0.05) is 18.0 Å². The third-order valence-electron chi connectivity index (χ3n) is 5.76. The van der Waals surface area contributed by atoms with Crippen LogP contribution >= 0.6 is 0 Å². The lowest BCUT2D eigenvalue weighted by Gasteiger charge is -2.17. The Labute approximate surface area is 188 Å². The molecule has 0 radical (unpaired) electrons. The third kappa shape index (κ3) is 4.78. The normalized spacial score (nSPS) is 14.9. The van der Waals surface area contributed by atoms with Crippen LogP contribution in [0.25, 0.3) is 11.4 Å². The molecule has 0 aliphatic heterocycles. The number of hydrogen-bond acceptors (Lipinski definition) is 7. The second-order valence-electron chi connectivity index (χ2n) is 7.79. The van der Waals surface area contributed by atoms with E-state index in [1.54, 1.807) is 19.2 Å². The Morgan fingerprint density at radius 2 is 1.78 bits per heavy atom. The van der Waals surface area contributed by atoms with Gasteiger partial charge in [-0.05, 0) is 37.1 Å². The zero-order valence-corrected chi connectivity index (χ0v) is 19.0. The minimum atomic E-state index is -3.80. The predicted octanol–water partition coefficient (Wildman–Crippen LogP) is 4.28. The molecule has 1 N–H and O–H groups in total. The van der Waals surface area contributed by atoms with Gasteiger partial charge in [0.1, 0.15) is 11.5 Å². The lowest BCUT2D eigenvalue weighted by molar-refractivity contribution is 0.314. The van der Waals surface area contributed by atoms with Crippen LogP contribution in [0.4, 0.5) is 0 Å². The number of para-hydroxylation sites is 1. The number of rotatable bonds is 8. The number of nitrogens with zero attached hydrogens (tertiary/aromatic N) is 2. The van der Waals surface area contributed by atoms with Gasteiger partial charge >= 0.3 is 0 Å². The minimum absolute atomic E-state index is 0.0900. The van der Waals surface area contributed by atoms with Crippen molar-refractivity contribution in [3.63, 3.8) is 0 Å². The summed E-state index contributed by atoms with van der Waals surface area (Å²) in [4.78, 5) is 4.65. The van der Waals surface area contributed by atoms with Crippen molar-refractivity contribution in [1.82, 2.24) is 14.9 Å². The minimum Gasteiger partial charge on any atom is -0.496 e. The highest BCUT2D eigenvalue weighted by atomic mass is 32.2. The molecule has 32 heavy (non-hydrogen) atoms. The Morgan fingerprint density at radius 3 is 2.53 bits per heavy atom. The summed E-state index contributed by atoms with van der Waals surface area (Å²) in [6.07, 6.45) is 5.59. The smallest absolute Gasteiger partial charge is 0.240 e. The van der Waals surface area contributed by atoms with Gasteiger partial charge < -0.3 is 14.0 Å². The number of aromatic nitrogens is 2. The fourth-order valence-corrected chi connectivity index (χ4v) is 5.03. The largest absolute Gasteiger partial charge is 0.496 e. The summed E-state index contributed by atoms with van der Waals surface area (Å²) in [5, 5.41) is 4.11. The van der Waals surface area contributed by atoms with Crippen molar-refractivity contribution in [3.05, 3.63) is 53.9 Å². The molecule has 1 heterocycles. The molecule has 1 fully saturated rings. The summed E-state index contributed by atoms with van der Waals surface area (Å²) < 4.78 is 44.8. The molecular formula is C23H27N3O5S. The molecule has 3 aromatic rings. The van der Waals surface area contributed by atoms with Crippen molar-refractivity contribution in [3.8, 4) is 22.9 Å². The molecule has 4 rings (SSSR count). The maximum atomic E-state index is 13.0. The molecule has 9 heteroatoms. The molecule has 1 aliphatic carbocycles. The molecular weight excluding hydrogens is 430 g/mol. The van der Waals surface area contributed by atoms with Gasteiger partial charge in [0.2, 0.25) is 21.7 Å². The predicted molar refractivity (Wildman–Crippen MR) is 119 cm³/mol. The number of sulfonamides is 1. The van der Waals surface area contributed by atoms with Crippen LogP contribution in [0.1, 0.15) is 49.5 Å². The average molecular weight is 458 g/mol. The fourth-order valence-electron chi connectivity index (χ4n) is 3.99. The number of methoxy groups -OCH3 is 2. The number of hydrogen-bond donors (Lipinski definition) is 1. The Balaban J connectivity index is 1.59. The van der Waals surface area contributed by atoms with Crippen LogP contribution in [-0.2, 0) is 16.6 Å². The number of nitrogens with one attached hydrogen (secondary N) is 1. The van der Waals surface area contributed by atoms with Crippen LogP contribution in [0.15, 0.2) is 51.9 Å². The Kier molecular flexibility index (Phi) is 6.76. The first-order valence-electron chi connectivity index (χ1n) is 10.7. The highest BCUT2D eigenvalue weighted by molar-refractivity contribution is 7.89. The van der Waals surface area contributed by atoms with E-state index in [2.05, 4.69) is 14.9 Å². The van der Waals surface area contributed by atoms with Crippen molar-refractivity contribution in [2.75, 3.05) is 14.2 Å². The van der Waals surface area contributed by atoms with Crippen LogP contribution in [0, 0.1) is 0 Å². The lowest BCUT2D eigenvalue weighted by Crippen LogP contribution is -2.23. The van der Waals surface area contributed by atoms with Crippen molar-refractivity contribution in [2.24, 2.45) is 0 Å². The van der Waals surface area contributed by atoms with E-state index >= 15 is 0 Å². The monoisotopic (exact) mass is 457 g/mol. The van der Waals surface area contributed by atoms with Crippen molar-refractivity contribution < 1.29 is 22.4 Å². The molecule has 170 valence electrons. The summed E-state index contributed by atoms with van der Waals surface area (Å²) in [7, 11) is -0.726. The summed E-state index contributed by atoms with van der Waals surface area (Å²) in [6.45, 7) is 0.0990.